The van der Waals surface area contributed by atoms with E-state index in [1.807, 2.05) is 6.07 Å². The van der Waals surface area contributed by atoms with Gasteiger partial charge in [-0.15, -0.1) is 22.7 Å². The normalized spacial score (nSPS) is 26.5. The van der Waals surface area contributed by atoms with Gasteiger partial charge in [-0.1, -0.05) is 11.6 Å². The van der Waals surface area contributed by atoms with E-state index in [4.69, 9.17) is 16.3 Å². The van der Waals surface area contributed by atoms with Crippen LogP contribution in [0.2, 0.25) is 4.34 Å². The highest BCUT2D eigenvalue weighted by atomic mass is 35.5. The van der Waals surface area contributed by atoms with E-state index in [0.29, 0.717) is 12.0 Å². The molecule has 1 aliphatic carbocycles. The molecule has 6 heteroatoms. The largest absolute Gasteiger partial charge is 0.381 e. The molecular weight excluding hydrogens is 374 g/mol. The van der Waals surface area contributed by atoms with Crippen LogP contribution in [0.5, 0.6) is 0 Å². The zero-order valence-electron chi connectivity index (χ0n) is 14.2. The summed E-state index contributed by atoms with van der Waals surface area (Å²) < 4.78 is 6.24. The minimum absolute atomic E-state index is 0.0279. The van der Waals surface area contributed by atoms with Crippen molar-refractivity contribution in [1.29, 1.82) is 0 Å². The molecule has 0 bridgehead atoms. The summed E-state index contributed by atoms with van der Waals surface area (Å²) in [5.41, 5.74) is 1.29. The summed E-state index contributed by atoms with van der Waals surface area (Å²) in [5, 5.41) is 2.14. The standard InChI is InChI=1S/C19H22ClNO2S2/c1-23-13-4-2-12(3-5-13)19(22)21-10-8-15-14(9-11-24-15)18(21)16-6-7-17(20)25-16/h6-7,9,11-13,18H,2-5,8,10H2,1H3. The molecule has 1 aliphatic heterocycles. The fraction of sp³-hybridized carbons (Fsp3) is 0.526. The third-order valence-electron chi connectivity index (χ3n) is 5.47. The van der Waals surface area contributed by atoms with Crippen LogP contribution >= 0.6 is 34.3 Å². The number of rotatable bonds is 3. The van der Waals surface area contributed by atoms with Gasteiger partial charge >= 0.3 is 0 Å². The first-order valence-corrected chi connectivity index (χ1v) is 10.9. The Bertz CT molecular complexity index is 748. The summed E-state index contributed by atoms with van der Waals surface area (Å²) in [6.07, 6.45) is 5.12. The molecule has 4 rings (SSSR count). The van der Waals surface area contributed by atoms with Gasteiger partial charge in [0.25, 0.3) is 0 Å². The van der Waals surface area contributed by atoms with Gasteiger partial charge in [0, 0.05) is 29.3 Å². The molecule has 1 saturated carbocycles. The van der Waals surface area contributed by atoms with E-state index in [-0.39, 0.29) is 12.0 Å². The molecule has 0 N–H and O–H groups in total. The Kier molecular flexibility index (Phi) is 5.18. The number of carbonyl (C=O) groups is 1. The fourth-order valence-electron chi connectivity index (χ4n) is 4.12. The molecule has 25 heavy (non-hydrogen) atoms. The van der Waals surface area contributed by atoms with Crippen LogP contribution in [0.15, 0.2) is 23.6 Å². The van der Waals surface area contributed by atoms with Crippen molar-refractivity contribution in [1.82, 2.24) is 4.90 Å². The summed E-state index contributed by atoms with van der Waals surface area (Å²) in [6, 6.07) is 6.22. The molecule has 2 aromatic rings. The van der Waals surface area contributed by atoms with Crippen molar-refractivity contribution in [3.05, 3.63) is 43.2 Å². The molecule has 0 spiro atoms. The van der Waals surface area contributed by atoms with Crippen molar-refractivity contribution in [2.45, 2.75) is 44.2 Å². The predicted octanol–water partition coefficient (Wildman–Crippen LogP) is 5.14. The molecule has 3 heterocycles. The van der Waals surface area contributed by atoms with Gasteiger partial charge in [-0.25, -0.2) is 0 Å². The Labute approximate surface area is 161 Å². The number of hydrogen-bond acceptors (Lipinski definition) is 4. The third kappa shape index (κ3) is 3.39. The number of ether oxygens (including phenoxy) is 1. The summed E-state index contributed by atoms with van der Waals surface area (Å²) in [6.45, 7) is 0.802. The number of fused-ring (bicyclic) bond motifs is 1. The number of amides is 1. The van der Waals surface area contributed by atoms with Crippen LogP contribution in [-0.2, 0) is 16.0 Å². The minimum Gasteiger partial charge on any atom is -0.381 e. The van der Waals surface area contributed by atoms with E-state index in [0.717, 1.165) is 43.0 Å². The van der Waals surface area contributed by atoms with Crippen molar-refractivity contribution in [3.8, 4) is 0 Å². The second-order valence-electron chi connectivity index (χ2n) is 6.83. The van der Waals surface area contributed by atoms with E-state index in [2.05, 4.69) is 22.4 Å². The second kappa shape index (κ2) is 7.39. The first-order chi connectivity index (χ1) is 12.2. The SMILES string of the molecule is COC1CCC(C(=O)N2CCc3sccc3C2c2ccc(Cl)s2)CC1. The van der Waals surface area contributed by atoms with E-state index in [1.54, 1.807) is 29.8 Å². The van der Waals surface area contributed by atoms with E-state index in [9.17, 15) is 4.79 Å². The van der Waals surface area contributed by atoms with Crippen LogP contribution in [-0.4, -0.2) is 30.6 Å². The number of nitrogens with zero attached hydrogens (tertiary/aromatic N) is 1. The maximum atomic E-state index is 13.3. The molecule has 0 saturated heterocycles. The molecule has 0 radical (unpaired) electrons. The molecule has 2 aromatic heterocycles. The predicted molar refractivity (Wildman–Crippen MR) is 104 cm³/mol. The van der Waals surface area contributed by atoms with Crippen LogP contribution in [0.4, 0.5) is 0 Å². The van der Waals surface area contributed by atoms with E-state index in [1.165, 1.54) is 15.3 Å². The molecule has 1 atom stereocenters. The highest BCUT2D eigenvalue weighted by Gasteiger charge is 2.37. The quantitative estimate of drug-likeness (QED) is 0.719. The first-order valence-electron chi connectivity index (χ1n) is 8.82. The molecule has 1 amide bonds. The molecule has 3 nitrogen and oxygen atoms in total. The van der Waals surface area contributed by atoms with Crippen molar-refractivity contribution in [2.24, 2.45) is 5.92 Å². The lowest BCUT2D eigenvalue weighted by atomic mass is 9.85. The van der Waals surface area contributed by atoms with Gasteiger partial charge in [0.15, 0.2) is 0 Å². The van der Waals surface area contributed by atoms with Crippen molar-refractivity contribution >= 4 is 40.2 Å². The molecule has 0 aromatic carbocycles. The number of carbonyl (C=O) groups excluding carboxylic acids is 1. The lowest BCUT2D eigenvalue weighted by molar-refractivity contribution is -0.139. The highest BCUT2D eigenvalue weighted by Crippen LogP contribution is 2.42. The van der Waals surface area contributed by atoms with Crippen LogP contribution in [0.25, 0.3) is 0 Å². The lowest BCUT2D eigenvalue weighted by Crippen LogP contribution is -2.44. The fourth-order valence-corrected chi connectivity index (χ4v) is 6.21. The van der Waals surface area contributed by atoms with E-state index < -0.39 is 0 Å². The van der Waals surface area contributed by atoms with Crippen molar-refractivity contribution in [2.75, 3.05) is 13.7 Å². The Hall–Kier alpha value is -0.880. The number of hydrogen-bond donors (Lipinski definition) is 0. The lowest BCUT2D eigenvalue weighted by Gasteiger charge is -2.39. The smallest absolute Gasteiger partial charge is 0.226 e. The van der Waals surface area contributed by atoms with Gasteiger partial charge in [-0.3, -0.25) is 4.79 Å². The number of methoxy groups -OCH3 is 1. The summed E-state index contributed by atoms with van der Waals surface area (Å²) in [7, 11) is 1.77. The Morgan fingerprint density at radius 3 is 2.72 bits per heavy atom. The zero-order chi connectivity index (χ0) is 17.4. The second-order valence-corrected chi connectivity index (χ2v) is 9.58. The molecule has 1 fully saturated rings. The van der Waals surface area contributed by atoms with Gasteiger partial charge in [0.1, 0.15) is 0 Å². The summed E-state index contributed by atoms with van der Waals surface area (Å²) in [5.74, 6) is 0.436. The topological polar surface area (TPSA) is 29.5 Å². The van der Waals surface area contributed by atoms with Crippen LogP contribution in [0, 0.1) is 5.92 Å². The molecule has 1 unspecified atom stereocenters. The van der Waals surface area contributed by atoms with Gasteiger partial charge in [0.2, 0.25) is 5.91 Å². The average molecular weight is 396 g/mol. The minimum atomic E-state index is 0.0279. The van der Waals surface area contributed by atoms with Gasteiger partial charge in [-0.2, -0.15) is 0 Å². The number of halogens is 1. The third-order valence-corrected chi connectivity index (χ3v) is 7.75. The zero-order valence-corrected chi connectivity index (χ0v) is 16.6. The summed E-state index contributed by atoms with van der Waals surface area (Å²) in [4.78, 5) is 18.0. The monoisotopic (exact) mass is 395 g/mol. The molecule has 134 valence electrons. The first kappa shape index (κ1) is 17.5. The Morgan fingerprint density at radius 1 is 1.24 bits per heavy atom. The van der Waals surface area contributed by atoms with Crippen molar-refractivity contribution in [3.63, 3.8) is 0 Å². The Balaban J connectivity index is 1.60. The maximum absolute atomic E-state index is 13.3. The van der Waals surface area contributed by atoms with Gasteiger partial charge in [-0.05, 0) is 61.2 Å². The van der Waals surface area contributed by atoms with Gasteiger partial charge < -0.3 is 9.64 Å². The number of thiophene rings is 2. The van der Waals surface area contributed by atoms with Crippen LogP contribution in [0.3, 0.4) is 0 Å². The Morgan fingerprint density at radius 2 is 2.04 bits per heavy atom. The van der Waals surface area contributed by atoms with Crippen LogP contribution in [0.1, 0.15) is 47.0 Å². The molecule has 2 aliphatic rings. The van der Waals surface area contributed by atoms with Crippen LogP contribution < -0.4 is 0 Å². The molecular formula is C19H22ClNO2S2. The van der Waals surface area contributed by atoms with E-state index >= 15 is 0 Å². The highest BCUT2D eigenvalue weighted by molar-refractivity contribution is 7.16. The van der Waals surface area contributed by atoms with Crippen molar-refractivity contribution < 1.29 is 9.53 Å². The van der Waals surface area contributed by atoms with Gasteiger partial charge in [0.05, 0.1) is 16.5 Å². The maximum Gasteiger partial charge on any atom is 0.226 e. The average Bonchev–Trinajstić information content (AvgIpc) is 3.29. The summed E-state index contributed by atoms with van der Waals surface area (Å²) >= 11 is 9.58.